The number of nitrogens with zero attached hydrogens (tertiary/aromatic N) is 2. The first kappa shape index (κ1) is 8.99. The maximum absolute atomic E-state index is 13.3. The molecule has 1 heterocycles. The number of aromatic hydroxyl groups is 1. The largest absolute Gasteiger partial charge is 0.480 e. The summed E-state index contributed by atoms with van der Waals surface area (Å²) < 4.78 is 14.9. The van der Waals surface area contributed by atoms with Crippen LogP contribution in [0.3, 0.4) is 0 Å². The van der Waals surface area contributed by atoms with Crippen LogP contribution in [0.1, 0.15) is 19.9 Å². The first-order valence-corrected chi connectivity index (χ1v) is 4.46. The number of fused-ring (bicyclic) bond motifs is 1. The van der Waals surface area contributed by atoms with Crippen molar-refractivity contribution in [1.82, 2.24) is 9.55 Å². The van der Waals surface area contributed by atoms with Gasteiger partial charge in [-0.1, -0.05) is 6.07 Å². The third-order valence-corrected chi connectivity index (χ3v) is 2.17. The molecule has 0 saturated carbocycles. The number of para-hydroxylation sites is 1. The first-order chi connectivity index (χ1) is 6.61. The van der Waals surface area contributed by atoms with E-state index in [1.54, 1.807) is 16.7 Å². The Bertz CT molecular complexity index is 476. The average molecular weight is 194 g/mol. The molecule has 1 N–H and O–H groups in total. The van der Waals surface area contributed by atoms with Crippen molar-refractivity contribution < 1.29 is 9.50 Å². The lowest BCUT2D eigenvalue weighted by Gasteiger charge is -2.08. The minimum absolute atomic E-state index is 0.0572. The highest BCUT2D eigenvalue weighted by Gasteiger charge is 2.14. The Morgan fingerprint density at radius 2 is 2.14 bits per heavy atom. The van der Waals surface area contributed by atoms with Crippen LogP contribution in [0.4, 0.5) is 4.39 Å². The van der Waals surface area contributed by atoms with E-state index in [9.17, 15) is 9.50 Å². The van der Waals surface area contributed by atoms with Crippen LogP contribution in [0.5, 0.6) is 6.01 Å². The summed E-state index contributed by atoms with van der Waals surface area (Å²) in [6.07, 6.45) is 0. The Balaban J connectivity index is 2.83. The third-order valence-electron chi connectivity index (χ3n) is 2.17. The standard InChI is InChI=1S/C10H11FN2O/c1-6(2)13-8-5-3-4-7(11)9(8)12-10(13)14/h3-6H,1-2H3,(H,12,14). The molecule has 14 heavy (non-hydrogen) atoms. The zero-order valence-corrected chi connectivity index (χ0v) is 8.03. The fourth-order valence-corrected chi connectivity index (χ4v) is 1.58. The van der Waals surface area contributed by atoms with Crippen molar-refractivity contribution in [3.63, 3.8) is 0 Å². The highest BCUT2D eigenvalue weighted by molar-refractivity contribution is 5.77. The Labute approximate surface area is 80.8 Å². The van der Waals surface area contributed by atoms with Crippen LogP contribution < -0.4 is 0 Å². The lowest BCUT2D eigenvalue weighted by atomic mass is 10.3. The minimum atomic E-state index is -0.405. The molecular formula is C10H11FN2O. The number of rotatable bonds is 1. The van der Waals surface area contributed by atoms with E-state index in [0.29, 0.717) is 5.52 Å². The average Bonchev–Trinajstić information content (AvgIpc) is 2.42. The van der Waals surface area contributed by atoms with Crippen LogP contribution in [0, 0.1) is 5.82 Å². The molecule has 2 rings (SSSR count). The summed E-state index contributed by atoms with van der Waals surface area (Å²) in [5, 5.41) is 9.51. The number of imidazole rings is 1. The van der Waals surface area contributed by atoms with Crippen molar-refractivity contribution in [2.24, 2.45) is 0 Å². The van der Waals surface area contributed by atoms with Gasteiger partial charge < -0.3 is 5.11 Å². The van der Waals surface area contributed by atoms with Gasteiger partial charge >= 0.3 is 0 Å². The van der Waals surface area contributed by atoms with Crippen LogP contribution in [-0.4, -0.2) is 14.7 Å². The SMILES string of the molecule is CC(C)n1c(O)nc2c(F)cccc21. The van der Waals surface area contributed by atoms with E-state index in [0.717, 1.165) is 0 Å². The maximum atomic E-state index is 13.3. The summed E-state index contributed by atoms with van der Waals surface area (Å²) in [6.45, 7) is 3.82. The van der Waals surface area contributed by atoms with E-state index >= 15 is 0 Å². The quantitative estimate of drug-likeness (QED) is 0.757. The van der Waals surface area contributed by atoms with Gasteiger partial charge in [0.1, 0.15) is 5.52 Å². The molecule has 1 aromatic heterocycles. The number of halogens is 1. The summed E-state index contributed by atoms with van der Waals surface area (Å²) in [7, 11) is 0. The highest BCUT2D eigenvalue weighted by Crippen LogP contribution is 2.26. The zero-order valence-electron chi connectivity index (χ0n) is 8.03. The summed E-state index contributed by atoms with van der Waals surface area (Å²) in [6, 6.07) is 4.60. The molecule has 2 aromatic rings. The Hall–Kier alpha value is -1.58. The van der Waals surface area contributed by atoms with Gasteiger partial charge in [0.25, 0.3) is 6.01 Å². The van der Waals surface area contributed by atoms with Gasteiger partial charge in [0.05, 0.1) is 5.52 Å². The monoisotopic (exact) mass is 194 g/mol. The van der Waals surface area contributed by atoms with Gasteiger partial charge in [-0.25, -0.2) is 4.39 Å². The number of hydrogen-bond acceptors (Lipinski definition) is 2. The topological polar surface area (TPSA) is 38.0 Å². The molecule has 0 amide bonds. The van der Waals surface area contributed by atoms with E-state index < -0.39 is 5.82 Å². The molecular weight excluding hydrogens is 183 g/mol. The molecule has 0 atom stereocenters. The second-order valence-corrected chi connectivity index (χ2v) is 3.48. The van der Waals surface area contributed by atoms with E-state index in [4.69, 9.17) is 0 Å². The van der Waals surface area contributed by atoms with Crippen molar-refractivity contribution >= 4 is 11.0 Å². The van der Waals surface area contributed by atoms with Crippen LogP contribution in [0.25, 0.3) is 11.0 Å². The number of benzene rings is 1. The fourth-order valence-electron chi connectivity index (χ4n) is 1.58. The van der Waals surface area contributed by atoms with Gasteiger partial charge in [-0.15, -0.1) is 0 Å². The normalized spacial score (nSPS) is 11.4. The van der Waals surface area contributed by atoms with E-state index in [1.807, 2.05) is 13.8 Å². The molecule has 0 bridgehead atoms. The molecule has 0 spiro atoms. The van der Waals surface area contributed by atoms with Gasteiger partial charge in [0.15, 0.2) is 5.82 Å². The summed E-state index contributed by atoms with van der Waals surface area (Å²) in [5.74, 6) is -0.405. The van der Waals surface area contributed by atoms with Crippen LogP contribution in [-0.2, 0) is 0 Å². The summed E-state index contributed by atoms with van der Waals surface area (Å²) in [5.41, 5.74) is 0.844. The number of aromatic nitrogens is 2. The second-order valence-electron chi connectivity index (χ2n) is 3.48. The molecule has 0 aliphatic carbocycles. The lowest BCUT2D eigenvalue weighted by Crippen LogP contribution is -1.99. The van der Waals surface area contributed by atoms with Gasteiger partial charge in [-0.3, -0.25) is 4.57 Å². The smallest absolute Gasteiger partial charge is 0.295 e. The van der Waals surface area contributed by atoms with E-state index in [1.165, 1.54) is 6.07 Å². The van der Waals surface area contributed by atoms with E-state index in [2.05, 4.69) is 4.98 Å². The molecule has 0 saturated heterocycles. The van der Waals surface area contributed by atoms with Crippen LogP contribution in [0.15, 0.2) is 18.2 Å². The molecule has 1 aromatic carbocycles. The Kier molecular flexibility index (Phi) is 1.91. The van der Waals surface area contributed by atoms with Crippen molar-refractivity contribution in [3.8, 4) is 6.01 Å². The Morgan fingerprint density at radius 1 is 1.43 bits per heavy atom. The van der Waals surface area contributed by atoms with Crippen molar-refractivity contribution in [3.05, 3.63) is 24.0 Å². The molecule has 0 aliphatic heterocycles. The first-order valence-electron chi connectivity index (χ1n) is 4.46. The van der Waals surface area contributed by atoms with E-state index in [-0.39, 0.29) is 17.6 Å². The molecule has 3 nitrogen and oxygen atoms in total. The van der Waals surface area contributed by atoms with Gasteiger partial charge in [-0.05, 0) is 26.0 Å². The molecule has 4 heteroatoms. The fraction of sp³-hybridized carbons (Fsp3) is 0.300. The lowest BCUT2D eigenvalue weighted by molar-refractivity contribution is 0.388. The predicted molar refractivity (Wildman–Crippen MR) is 51.7 cm³/mol. The number of hydrogen-bond donors (Lipinski definition) is 1. The van der Waals surface area contributed by atoms with Crippen LogP contribution >= 0.6 is 0 Å². The molecule has 0 unspecified atom stereocenters. The third kappa shape index (κ3) is 1.14. The van der Waals surface area contributed by atoms with Crippen LogP contribution in [0.2, 0.25) is 0 Å². The predicted octanol–water partition coefficient (Wildman–Crippen LogP) is 2.46. The Morgan fingerprint density at radius 3 is 2.79 bits per heavy atom. The molecule has 74 valence electrons. The summed E-state index contributed by atoms with van der Waals surface area (Å²) >= 11 is 0. The van der Waals surface area contributed by atoms with Gasteiger partial charge in [0, 0.05) is 6.04 Å². The molecule has 0 radical (unpaired) electrons. The highest BCUT2D eigenvalue weighted by atomic mass is 19.1. The molecule has 0 fully saturated rings. The van der Waals surface area contributed by atoms with Crippen molar-refractivity contribution in [2.45, 2.75) is 19.9 Å². The van der Waals surface area contributed by atoms with Gasteiger partial charge in [0.2, 0.25) is 0 Å². The van der Waals surface area contributed by atoms with Gasteiger partial charge in [-0.2, -0.15) is 4.98 Å². The zero-order chi connectivity index (χ0) is 10.3. The molecule has 0 aliphatic rings. The maximum Gasteiger partial charge on any atom is 0.295 e. The van der Waals surface area contributed by atoms with Crippen molar-refractivity contribution in [2.75, 3.05) is 0 Å². The van der Waals surface area contributed by atoms with Crippen molar-refractivity contribution in [1.29, 1.82) is 0 Å². The summed E-state index contributed by atoms with van der Waals surface area (Å²) in [4.78, 5) is 3.78. The second kappa shape index (κ2) is 2.97. The minimum Gasteiger partial charge on any atom is -0.480 e.